The quantitative estimate of drug-likeness (QED) is 0.646. The van der Waals surface area contributed by atoms with Crippen LogP contribution in [-0.4, -0.2) is 4.98 Å². The van der Waals surface area contributed by atoms with Crippen LogP contribution in [0.15, 0.2) is 24.3 Å². The fourth-order valence-electron chi connectivity index (χ4n) is 1.70. The second-order valence-electron chi connectivity index (χ2n) is 3.92. The minimum Gasteiger partial charge on any atom is -0.253 e. The molecule has 0 saturated carbocycles. The molecule has 0 aliphatic heterocycles. The Morgan fingerprint density at radius 2 is 1.47 bits per heavy atom. The van der Waals surface area contributed by atoms with E-state index in [1.807, 2.05) is 26.0 Å². The number of hydrogen-bond acceptors (Lipinski definition) is 1. The maximum absolute atomic E-state index is 6.16. The van der Waals surface area contributed by atoms with Gasteiger partial charge < -0.3 is 0 Å². The summed E-state index contributed by atoms with van der Waals surface area (Å²) in [5.74, 6) is 0. The third-order valence-electron chi connectivity index (χ3n) is 2.38. The molecule has 0 aliphatic carbocycles. The Morgan fingerprint density at radius 1 is 0.824 bits per heavy atom. The van der Waals surface area contributed by atoms with Gasteiger partial charge in [0, 0.05) is 11.3 Å². The second kappa shape index (κ2) is 4.85. The number of benzene rings is 1. The zero-order valence-corrected chi connectivity index (χ0v) is 11.7. The van der Waals surface area contributed by atoms with Crippen molar-refractivity contribution in [2.24, 2.45) is 0 Å². The molecule has 0 radical (unpaired) electrons. The van der Waals surface area contributed by atoms with Crippen LogP contribution >= 0.6 is 34.8 Å². The molecule has 1 aromatic carbocycles. The van der Waals surface area contributed by atoms with E-state index in [1.54, 1.807) is 12.1 Å². The summed E-state index contributed by atoms with van der Waals surface area (Å²) >= 11 is 18.1. The van der Waals surface area contributed by atoms with Gasteiger partial charge in [0.25, 0.3) is 0 Å². The Balaban J connectivity index is 2.64. The lowest BCUT2D eigenvalue weighted by atomic mass is 10.1. The Morgan fingerprint density at radius 3 is 2.12 bits per heavy atom. The smallest absolute Gasteiger partial charge is 0.0723 e. The van der Waals surface area contributed by atoms with E-state index in [2.05, 4.69) is 4.98 Å². The normalized spacial score (nSPS) is 10.6. The Kier molecular flexibility index (Phi) is 3.62. The van der Waals surface area contributed by atoms with Crippen LogP contribution in [0.2, 0.25) is 15.1 Å². The minimum atomic E-state index is 0.449. The van der Waals surface area contributed by atoms with Gasteiger partial charge >= 0.3 is 0 Å². The molecule has 0 fully saturated rings. The number of rotatable bonds is 1. The molecule has 0 amide bonds. The third-order valence-corrected chi connectivity index (χ3v) is 3.42. The largest absolute Gasteiger partial charge is 0.253 e. The first-order chi connectivity index (χ1) is 7.97. The van der Waals surface area contributed by atoms with Crippen molar-refractivity contribution in [1.29, 1.82) is 0 Å². The summed E-state index contributed by atoms with van der Waals surface area (Å²) in [7, 11) is 0. The molecule has 17 heavy (non-hydrogen) atoms. The lowest BCUT2D eigenvalue weighted by Crippen LogP contribution is -1.90. The van der Waals surface area contributed by atoms with Gasteiger partial charge in [0.15, 0.2) is 0 Å². The highest BCUT2D eigenvalue weighted by molar-refractivity contribution is 6.44. The molecule has 4 heteroatoms. The van der Waals surface area contributed by atoms with Gasteiger partial charge in [-0.05, 0) is 43.7 Å². The summed E-state index contributed by atoms with van der Waals surface area (Å²) < 4.78 is 0. The molecule has 1 aromatic heterocycles. The van der Waals surface area contributed by atoms with Gasteiger partial charge in [0.1, 0.15) is 0 Å². The van der Waals surface area contributed by atoms with Gasteiger partial charge in [-0.15, -0.1) is 0 Å². The molecule has 0 aliphatic rings. The molecule has 1 heterocycles. The van der Waals surface area contributed by atoms with Crippen molar-refractivity contribution in [3.63, 3.8) is 0 Å². The first-order valence-electron chi connectivity index (χ1n) is 5.07. The van der Waals surface area contributed by atoms with Gasteiger partial charge in [-0.2, -0.15) is 0 Å². The van der Waals surface area contributed by atoms with Crippen LogP contribution in [0.25, 0.3) is 11.3 Å². The Labute approximate surface area is 115 Å². The summed E-state index contributed by atoms with van der Waals surface area (Å²) in [4.78, 5) is 4.45. The molecule has 0 unspecified atom stereocenters. The van der Waals surface area contributed by atoms with E-state index in [9.17, 15) is 0 Å². The maximum atomic E-state index is 6.16. The number of aryl methyl sites for hydroxylation is 2. The predicted octanol–water partition coefficient (Wildman–Crippen LogP) is 5.33. The molecule has 0 atom stereocenters. The lowest BCUT2D eigenvalue weighted by Gasteiger charge is -2.08. The van der Waals surface area contributed by atoms with Crippen LogP contribution in [0, 0.1) is 13.8 Å². The second-order valence-corrected chi connectivity index (χ2v) is 5.14. The van der Waals surface area contributed by atoms with Gasteiger partial charge in [-0.25, -0.2) is 0 Å². The van der Waals surface area contributed by atoms with Gasteiger partial charge in [0.2, 0.25) is 0 Å². The summed E-state index contributed by atoms with van der Waals surface area (Å²) in [6.45, 7) is 3.96. The van der Waals surface area contributed by atoms with Gasteiger partial charge in [-0.3, -0.25) is 4.98 Å². The van der Waals surface area contributed by atoms with Crippen LogP contribution in [0.5, 0.6) is 0 Å². The third kappa shape index (κ3) is 2.74. The average Bonchev–Trinajstić information content (AvgIpc) is 2.22. The van der Waals surface area contributed by atoms with Crippen LogP contribution in [-0.2, 0) is 0 Å². The molecule has 2 rings (SSSR count). The fourth-order valence-corrected chi connectivity index (χ4v) is 2.34. The Hall–Kier alpha value is -0.760. The van der Waals surface area contributed by atoms with Crippen LogP contribution in [0.4, 0.5) is 0 Å². The maximum Gasteiger partial charge on any atom is 0.0723 e. The standard InChI is InChI=1S/C13H10Cl3N/c1-7-3-8(2)17-13(4-7)9-5-11(15)12(16)6-10(9)14/h3-6H,1-2H3. The molecular formula is C13H10Cl3N. The molecule has 0 saturated heterocycles. The fraction of sp³-hybridized carbons (Fsp3) is 0.154. The molecule has 0 spiro atoms. The van der Waals surface area contributed by atoms with Crippen LogP contribution in [0.1, 0.15) is 11.3 Å². The van der Waals surface area contributed by atoms with Gasteiger partial charge in [0.05, 0.1) is 20.8 Å². The van der Waals surface area contributed by atoms with E-state index >= 15 is 0 Å². The van der Waals surface area contributed by atoms with Crippen LogP contribution in [0.3, 0.4) is 0 Å². The first kappa shape index (κ1) is 12.7. The highest BCUT2D eigenvalue weighted by Gasteiger charge is 2.10. The average molecular weight is 287 g/mol. The number of nitrogens with zero attached hydrogens (tertiary/aromatic N) is 1. The van der Waals surface area contributed by atoms with Crippen molar-refractivity contribution in [1.82, 2.24) is 4.98 Å². The highest BCUT2D eigenvalue weighted by atomic mass is 35.5. The van der Waals surface area contributed by atoms with Crippen molar-refractivity contribution in [2.45, 2.75) is 13.8 Å². The van der Waals surface area contributed by atoms with E-state index in [1.165, 1.54) is 0 Å². The molecule has 0 N–H and O–H groups in total. The lowest BCUT2D eigenvalue weighted by molar-refractivity contribution is 1.18. The van der Waals surface area contributed by atoms with E-state index in [4.69, 9.17) is 34.8 Å². The van der Waals surface area contributed by atoms with E-state index < -0.39 is 0 Å². The minimum absolute atomic E-state index is 0.449. The van der Waals surface area contributed by atoms with Crippen molar-refractivity contribution in [3.8, 4) is 11.3 Å². The summed E-state index contributed by atoms with van der Waals surface area (Å²) in [6.07, 6.45) is 0. The first-order valence-corrected chi connectivity index (χ1v) is 6.21. The Bertz CT molecular complexity index is 559. The summed E-state index contributed by atoms with van der Waals surface area (Å²) in [6, 6.07) is 7.36. The van der Waals surface area contributed by atoms with E-state index in [0.29, 0.717) is 15.1 Å². The topological polar surface area (TPSA) is 12.9 Å². The molecule has 88 valence electrons. The molecular weight excluding hydrogens is 277 g/mol. The SMILES string of the molecule is Cc1cc(C)nc(-c2cc(Cl)c(Cl)cc2Cl)c1. The van der Waals surface area contributed by atoms with Crippen LogP contribution < -0.4 is 0 Å². The van der Waals surface area contributed by atoms with Crippen molar-refractivity contribution >= 4 is 34.8 Å². The monoisotopic (exact) mass is 285 g/mol. The van der Waals surface area contributed by atoms with Gasteiger partial charge in [-0.1, -0.05) is 34.8 Å². The zero-order valence-electron chi connectivity index (χ0n) is 9.39. The number of hydrogen-bond donors (Lipinski definition) is 0. The van der Waals surface area contributed by atoms with Crippen molar-refractivity contribution < 1.29 is 0 Å². The number of pyridine rings is 1. The summed E-state index contributed by atoms with van der Waals surface area (Å²) in [5.41, 5.74) is 3.69. The van der Waals surface area contributed by atoms with E-state index in [0.717, 1.165) is 22.5 Å². The van der Waals surface area contributed by atoms with E-state index in [-0.39, 0.29) is 0 Å². The molecule has 0 bridgehead atoms. The molecule has 2 aromatic rings. The number of halogens is 3. The van der Waals surface area contributed by atoms with Crippen molar-refractivity contribution in [3.05, 3.63) is 50.6 Å². The summed E-state index contributed by atoms with van der Waals surface area (Å²) in [5, 5.41) is 1.48. The van der Waals surface area contributed by atoms with Crippen molar-refractivity contribution in [2.75, 3.05) is 0 Å². The molecule has 1 nitrogen and oxygen atoms in total. The zero-order chi connectivity index (χ0) is 12.6. The number of aromatic nitrogens is 1. The highest BCUT2D eigenvalue weighted by Crippen LogP contribution is 2.34. The predicted molar refractivity (Wildman–Crippen MR) is 74.2 cm³/mol.